The maximum atomic E-state index is 11.5. The molecule has 0 saturated heterocycles. The standard InChI is InChI=1S/C15H18N2O2S/c1-20-13-8-3-2-7-12(13)17-9-16-11-6-4-5-10(14(11)17)15(18)19/h4-6,9,12-13H,2-3,7-8H2,1H3,(H,18,19). The Morgan fingerprint density at radius 3 is 2.95 bits per heavy atom. The summed E-state index contributed by atoms with van der Waals surface area (Å²) in [7, 11) is 0. The molecule has 2 aromatic rings. The number of hydrogen-bond acceptors (Lipinski definition) is 3. The molecule has 1 saturated carbocycles. The van der Waals surface area contributed by atoms with Gasteiger partial charge in [-0.2, -0.15) is 11.8 Å². The Kier molecular flexibility index (Phi) is 3.70. The van der Waals surface area contributed by atoms with E-state index >= 15 is 0 Å². The number of para-hydroxylation sites is 1. The van der Waals surface area contributed by atoms with Crippen LogP contribution in [0.3, 0.4) is 0 Å². The van der Waals surface area contributed by atoms with Crippen LogP contribution in [0, 0.1) is 0 Å². The number of rotatable bonds is 3. The van der Waals surface area contributed by atoms with Gasteiger partial charge in [-0.1, -0.05) is 18.9 Å². The van der Waals surface area contributed by atoms with Crippen molar-refractivity contribution in [3.63, 3.8) is 0 Å². The zero-order valence-electron chi connectivity index (χ0n) is 11.5. The second kappa shape index (κ2) is 5.48. The van der Waals surface area contributed by atoms with E-state index in [0.717, 1.165) is 17.5 Å². The predicted octanol–water partition coefficient (Wildman–Crippen LogP) is 3.58. The van der Waals surface area contributed by atoms with Crippen molar-refractivity contribution in [3.05, 3.63) is 30.1 Å². The maximum Gasteiger partial charge on any atom is 0.337 e. The van der Waals surface area contributed by atoms with Crippen LogP contribution in [-0.4, -0.2) is 32.1 Å². The van der Waals surface area contributed by atoms with Crippen LogP contribution in [0.15, 0.2) is 24.5 Å². The lowest BCUT2D eigenvalue weighted by molar-refractivity contribution is 0.0698. The van der Waals surface area contributed by atoms with Gasteiger partial charge in [0.05, 0.1) is 22.9 Å². The van der Waals surface area contributed by atoms with Crippen LogP contribution in [0.2, 0.25) is 0 Å². The second-order valence-electron chi connectivity index (χ2n) is 5.26. The van der Waals surface area contributed by atoms with E-state index in [1.165, 1.54) is 19.3 Å². The molecule has 0 aliphatic heterocycles. The van der Waals surface area contributed by atoms with Crippen LogP contribution < -0.4 is 0 Å². The molecule has 1 aliphatic carbocycles. The molecule has 0 bridgehead atoms. The van der Waals surface area contributed by atoms with Crippen molar-refractivity contribution < 1.29 is 9.90 Å². The Hall–Kier alpha value is -1.49. The third kappa shape index (κ3) is 2.20. The number of carbonyl (C=O) groups is 1. The van der Waals surface area contributed by atoms with E-state index in [2.05, 4.69) is 15.8 Å². The summed E-state index contributed by atoms with van der Waals surface area (Å²) in [6.45, 7) is 0. The number of thioether (sulfide) groups is 1. The molecule has 20 heavy (non-hydrogen) atoms. The number of benzene rings is 1. The van der Waals surface area contributed by atoms with Crippen LogP contribution >= 0.6 is 11.8 Å². The highest BCUT2D eigenvalue weighted by molar-refractivity contribution is 7.99. The minimum absolute atomic E-state index is 0.351. The van der Waals surface area contributed by atoms with Crippen molar-refractivity contribution in [1.29, 1.82) is 0 Å². The monoisotopic (exact) mass is 290 g/mol. The molecule has 106 valence electrons. The number of carboxylic acids is 1. The quantitative estimate of drug-likeness (QED) is 0.938. The predicted molar refractivity (Wildman–Crippen MR) is 81.5 cm³/mol. The van der Waals surface area contributed by atoms with E-state index in [9.17, 15) is 9.90 Å². The van der Waals surface area contributed by atoms with Gasteiger partial charge in [-0.15, -0.1) is 0 Å². The molecule has 1 heterocycles. The van der Waals surface area contributed by atoms with Crippen LogP contribution in [0.25, 0.3) is 11.0 Å². The van der Waals surface area contributed by atoms with Gasteiger partial charge in [0, 0.05) is 11.3 Å². The highest BCUT2D eigenvalue weighted by Crippen LogP contribution is 2.37. The van der Waals surface area contributed by atoms with Crippen LogP contribution in [0.5, 0.6) is 0 Å². The molecule has 1 fully saturated rings. The first-order chi connectivity index (χ1) is 9.72. The van der Waals surface area contributed by atoms with Crippen LogP contribution in [0.1, 0.15) is 42.1 Å². The minimum Gasteiger partial charge on any atom is -0.478 e. The van der Waals surface area contributed by atoms with Gasteiger partial charge >= 0.3 is 5.97 Å². The summed E-state index contributed by atoms with van der Waals surface area (Å²) < 4.78 is 2.10. The molecular formula is C15H18N2O2S. The number of nitrogens with zero attached hydrogens (tertiary/aromatic N) is 2. The molecule has 3 rings (SSSR count). The Labute approximate surface area is 122 Å². The van der Waals surface area contributed by atoms with Crippen molar-refractivity contribution in [3.8, 4) is 0 Å². The molecular weight excluding hydrogens is 272 g/mol. The normalized spacial score (nSPS) is 23.1. The lowest BCUT2D eigenvalue weighted by atomic mass is 9.94. The molecule has 1 aliphatic rings. The smallest absolute Gasteiger partial charge is 0.337 e. The van der Waals surface area contributed by atoms with Gasteiger partial charge in [-0.3, -0.25) is 0 Å². The number of fused-ring (bicyclic) bond motifs is 1. The van der Waals surface area contributed by atoms with E-state index in [0.29, 0.717) is 16.9 Å². The summed E-state index contributed by atoms with van der Waals surface area (Å²) in [6, 6.07) is 5.66. The Bertz CT molecular complexity index is 638. The van der Waals surface area contributed by atoms with Crippen molar-refractivity contribution >= 4 is 28.8 Å². The summed E-state index contributed by atoms with van der Waals surface area (Å²) >= 11 is 1.88. The van der Waals surface area contributed by atoms with E-state index in [1.807, 2.05) is 24.2 Å². The van der Waals surface area contributed by atoms with Gasteiger partial charge < -0.3 is 9.67 Å². The molecule has 0 radical (unpaired) electrons. The van der Waals surface area contributed by atoms with Crippen molar-refractivity contribution in [2.75, 3.05) is 6.26 Å². The number of aromatic carboxylic acids is 1. The SMILES string of the molecule is CSC1CCCCC1n1cnc2cccc(C(=O)O)c21. The average Bonchev–Trinajstić information content (AvgIpc) is 2.90. The zero-order chi connectivity index (χ0) is 14.1. The number of aromatic nitrogens is 2. The summed E-state index contributed by atoms with van der Waals surface area (Å²) in [5, 5.41) is 9.95. The van der Waals surface area contributed by atoms with Crippen molar-refractivity contribution in [1.82, 2.24) is 9.55 Å². The topological polar surface area (TPSA) is 55.1 Å². The molecule has 1 aromatic carbocycles. The lowest BCUT2D eigenvalue weighted by Gasteiger charge is -2.31. The van der Waals surface area contributed by atoms with Gasteiger partial charge in [-0.25, -0.2) is 9.78 Å². The van der Waals surface area contributed by atoms with Gasteiger partial charge in [-0.05, 0) is 31.2 Å². The van der Waals surface area contributed by atoms with Crippen molar-refractivity contribution in [2.45, 2.75) is 37.0 Å². The molecule has 0 amide bonds. The fourth-order valence-electron chi connectivity index (χ4n) is 3.18. The summed E-state index contributed by atoms with van der Waals surface area (Å²) in [6.07, 6.45) is 8.72. The summed E-state index contributed by atoms with van der Waals surface area (Å²) in [5.74, 6) is -0.881. The van der Waals surface area contributed by atoms with Crippen LogP contribution in [0.4, 0.5) is 0 Å². The highest BCUT2D eigenvalue weighted by Gasteiger charge is 2.28. The Morgan fingerprint density at radius 1 is 1.40 bits per heavy atom. The third-order valence-corrected chi connectivity index (χ3v) is 5.31. The fourth-order valence-corrected chi connectivity index (χ4v) is 4.17. The largest absolute Gasteiger partial charge is 0.478 e. The molecule has 1 N–H and O–H groups in total. The maximum absolute atomic E-state index is 11.5. The first kappa shape index (κ1) is 13.5. The fraction of sp³-hybridized carbons (Fsp3) is 0.467. The van der Waals surface area contributed by atoms with Crippen molar-refractivity contribution in [2.24, 2.45) is 0 Å². The summed E-state index contributed by atoms with van der Waals surface area (Å²) in [4.78, 5) is 15.8. The van der Waals surface area contributed by atoms with E-state index in [4.69, 9.17) is 0 Å². The third-order valence-electron chi connectivity index (χ3n) is 4.15. The van der Waals surface area contributed by atoms with Crippen LogP contribution in [-0.2, 0) is 0 Å². The molecule has 0 spiro atoms. The first-order valence-electron chi connectivity index (χ1n) is 6.94. The Morgan fingerprint density at radius 2 is 2.20 bits per heavy atom. The Balaban J connectivity index is 2.13. The number of hydrogen-bond donors (Lipinski definition) is 1. The van der Waals surface area contributed by atoms with E-state index in [-0.39, 0.29) is 0 Å². The number of carboxylic acid groups (broad SMARTS) is 1. The highest BCUT2D eigenvalue weighted by atomic mass is 32.2. The first-order valence-corrected chi connectivity index (χ1v) is 8.23. The zero-order valence-corrected chi connectivity index (χ0v) is 12.3. The lowest BCUT2D eigenvalue weighted by Crippen LogP contribution is -2.25. The second-order valence-corrected chi connectivity index (χ2v) is 6.33. The van der Waals surface area contributed by atoms with E-state index in [1.54, 1.807) is 12.1 Å². The van der Waals surface area contributed by atoms with Gasteiger partial charge in [0.2, 0.25) is 0 Å². The van der Waals surface area contributed by atoms with Gasteiger partial charge in [0.15, 0.2) is 0 Å². The summed E-state index contributed by atoms with van der Waals surface area (Å²) in [5.41, 5.74) is 1.90. The van der Waals surface area contributed by atoms with Gasteiger partial charge in [0.25, 0.3) is 0 Å². The molecule has 5 heteroatoms. The minimum atomic E-state index is -0.881. The number of imidazole rings is 1. The molecule has 2 atom stereocenters. The van der Waals surface area contributed by atoms with E-state index < -0.39 is 5.97 Å². The average molecular weight is 290 g/mol. The molecule has 2 unspecified atom stereocenters. The van der Waals surface area contributed by atoms with Gasteiger partial charge in [0.1, 0.15) is 0 Å². The molecule has 4 nitrogen and oxygen atoms in total. The molecule has 1 aromatic heterocycles.